The van der Waals surface area contributed by atoms with Gasteiger partial charge in [0.25, 0.3) is 0 Å². The summed E-state index contributed by atoms with van der Waals surface area (Å²) in [5.41, 5.74) is 4.89. The molecule has 0 unspecified atom stereocenters. The van der Waals surface area contributed by atoms with Crippen molar-refractivity contribution in [1.29, 1.82) is 0 Å². The first-order valence-corrected chi connectivity index (χ1v) is 12.0. The molecular weight excluding hydrogens is 428 g/mol. The average molecular weight is 449 g/mol. The van der Waals surface area contributed by atoms with E-state index in [1.807, 2.05) is 72.8 Å². The molecule has 0 bridgehead atoms. The Balaban J connectivity index is 1.61. The summed E-state index contributed by atoms with van der Waals surface area (Å²) in [5.74, 6) is 0.714. The summed E-state index contributed by atoms with van der Waals surface area (Å²) in [4.78, 5) is 0.267. The fourth-order valence-corrected chi connectivity index (χ4v) is 4.16. The van der Waals surface area contributed by atoms with Crippen LogP contribution in [0, 0.1) is 0 Å². The Bertz CT molecular complexity index is 1280. The van der Waals surface area contributed by atoms with Crippen LogP contribution in [-0.2, 0) is 16.4 Å². The Kier molecular flexibility index (Phi) is 6.12. The van der Waals surface area contributed by atoms with Gasteiger partial charge in [0.1, 0.15) is 12.4 Å². The summed E-state index contributed by atoms with van der Waals surface area (Å²) in [6.07, 6.45) is 1.21. The van der Waals surface area contributed by atoms with Crippen molar-refractivity contribution in [3.63, 3.8) is 0 Å². The third kappa shape index (κ3) is 5.16. The quantitative estimate of drug-likeness (QED) is 0.331. The molecule has 0 saturated heterocycles. The van der Waals surface area contributed by atoms with Gasteiger partial charge in [-0.1, -0.05) is 72.3 Å². The first kappa shape index (κ1) is 21.2. The maximum atomic E-state index is 12.1. The maximum Gasteiger partial charge on any atom is 0.175 e. The van der Waals surface area contributed by atoms with E-state index in [1.165, 1.54) is 6.26 Å². The van der Waals surface area contributed by atoms with Crippen LogP contribution < -0.4 is 4.74 Å². The van der Waals surface area contributed by atoms with E-state index >= 15 is 0 Å². The van der Waals surface area contributed by atoms with Gasteiger partial charge in [0.15, 0.2) is 9.84 Å². The molecule has 5 heteroatoms. The van der Waals surface area contributed by atoms with E-state index in [4.69, 9.17) is 16.3 Å². The van der Waals surface area contributed by atoms with Crippen LogP contribution in [0.15, 0.2) is 102 Å². The molecule has 0 amide bonds. The second-order valence-corrected chi connectivity index (χ2v) is 9.73. The molecule has 0 aliphatic carbocycles. The molecule has 0 N–H and O–H groups in total. The molecule has 0 aromatic heterocycles. The molecule has 4 aromatic carbocycles. The molecule has 0 saturated carbocycles. The number of benzene rings is 4. The molecule has 4 aromatic rings. The van der Waals surface area contributed by atoms with Gasteiger partial charge in [-0.2, -0.15) is 0 Å². The molecule has 31 heavy (non-hydrogen) atoms. The molecule has 0 aliphatic heterocycles. The summed E-state index contributed by atoms with van der Waals surface area (Å²) in [5, 5.41) is 0.646. The highest BCUT2D eigenvalue weighted by Gasteiger charge is 2.13. The molecule has 3 nitrogen and oxygen atoms in total. The van der Waals surface area contributed by atoms with Crippen LogP contribution in [-0.4, -0.2) is 14.7 Å². The zero-order chi connectivity index (χ0) is 21.8. The van der Waals surface area contributed by atoms with Crippen molar-refractivity contribution < 1.29 is 13.2 Å². The lowest BCUT2D eigenvalue weighted by molar-refractivity contribution is 0.306. The number of halogens is 1. The summed E-state index contributed by atoms with van der Waals surface area (Å²) in [6.45, 7) is 0.242. The summed E-state index contributed by atoms with van der Waals surface area (Å²) in [6, 6.07) is 30.6. The molecule has 0 radical (unpaired) electrons. The summed E-state index contributed by atoms with van der Waals surface area (Å²) in [7, 11) is -3.33. The molecule has 0 fully saturated rings. The Morgan fingerprint density at radius 2 is 1.35 bits per heavy atom. The van der Waals surface area contributed by atoms with Crippen molar-refractivity contribution in [3.05, 3.63) is 108 Å². The van der Waals surface area contributed by atoms with E-state index in [-0.39, 0.29) is 11.5 Å². The predicted molar refractivity (Wildman–Crippen MR) is 126 cm³/mol. The summed E-state index contributed by atoms with van der Waals surface area (Å²) < 4.78 is 30.1. The fourth-order valence-electron chi connectivity index (χ4n) is 3.37. The SMILES string of the molecule is CS(=O)(=O)c1ccc(-c2ccc(Cl)cc2)c(COc2ccc(-c3ccccc3)cc2)c1. The minimum absolute atomic E-state index is 0.242. The van der Waals surface area contributed by atoms with Gasteiger partial charge in [0.2, 0.25) is 0 Å². The predicted octanol–water partition coefficient (Wildman–Crippen LogP) is 6.66. The molecule has 0 aliphatic rings. The van der Waals surface area contributed by atoms with Gasteiger partial charge in [-0.3, -0.25) is 0 Å². The highest BCUT2D eigenvalue weighted by Crippen LogP contribution is 2.29. The molecule has 0 spiro atoms. The molecule has 0 heterocycles. The third-order valence-corrected chi connectivity index (χ3v) is 6.38. The van der Waals surface area contributed by atoms with Gasteiger partial charge in [-0.25, -0.2) is 8.42 Å². The number of hydrogen-bond acceptors (Lipinski definition) is 3. The van der Waals surface area contributed by atoms with E-state index in [2.05, 4.69) is 12.1 Å². The Morgan fingerprint density at radius 3 is 2.00 bits per heavy atom. The zero-order valence-corrected chi connectivity index (χ0v) is 18.5. The van der Waals surface area contributed by atoms with Crippen LogP contribution in [0.2, 0.25) is 5.02 Å². The lowest BCUT2D eigenvalue weighted by atomic mass is 10.0. The summed E-state index contributed by atoms with van der Waals surface area (Å²) >= 11 is 6.02. The largest absolute Gasteiger partial charge is 0.489 e. The smallest absolute Gasteiger partial charge is 0.175 e. The molecule has 156 valence electrons. The van der Waals surface area contributed by atoms with Gasteiger partial charge in [-0.15, -0.1) is 0 Å². The van der Waals surface area contributed by atoms with E-state index in [0.29, 0.717) is 10.8 Å². The van der Waals surface area contributed by atoms with Crippen LogP contribution >= 0.6 is 11.6 Å². The van der Waals surface area contributed by atoms with Crippen molar-refractivity contribution in [2.45, 2.75) is 11.5 Å². The number of ether oxygens (including phenoxy) is 1. The lowest BCUT2D eigenvalue weighted by Gasteiger charge is -2.14. The molecule has 0 atom stereocenters. The van der Waals surface area contributed by atoms with Gasteiger partial charge >= 0.3 is 0 Å². The van der Waals surface area contributed by atoms with Crippen LogP contribution in [0.5, 0.6) is 5.75 Å². The van der Waals surface area contributed by atoms with E-state index in [0.717, 1.165) is 27.8 Å². The van der Waals surface area contributed by atoms with E-state index in [1.54, 1.807) is 12.1 Å². The maximum absolute atomic E-state index is 12.1. The van der Waals surface area contributed by atoms with Crippen molar-refractivity contribution in [2.24, 2.45) is 0 Å². The van der Waals surface area contributed by atoms with Gasteiger partial charge in [0.05, 0.1) is 4.90 Å². The first-order valence-electron chi connectivity index (χ1n) is 9.77. The highest BCUT2D eigenvalue weighted by molar-refractivity contribution is 7.90. The number of sulfone groups is 1. The number of rotatable bonds is 6. The van der Waals surface area contributed by atoms with Crippen molar-refractivity contribution in [2.75, 3.05) is 6.26 Å². The van der Waals surface area contributed by atoms with E-state index < -0.39 is 9.84 Å². The minimum atomic E-state index is -3.33. The lowest BCUT2D eigenvalue weighted by Crippen LogP contribution is -2.03. The topological polar surface area (TPSA) is 43.4 Å². The Labute approximate surface area is 187 Å². The van der Waals surface area contributed by atoms with Gasteiger partial charge in [0, 0.05) is 11.3 Å². The van der Waals surface area contributed by atoms with Crippen LogP contribution in [0.4, 0.5) is 0 Å². The fraction of sp³-hybridized carbons (Fsp3) is 0.0769. The Hall–Kier alpha value is -3.08. The second-order valence-electron chi connectivity index (χ2n) is 7.28. The second kappa shape index (κ2) is 8.96. The van der Waals surface area contributed by atoms with Gasteiger partial charge < -0.3 is 4.74 Å². The standard InChI is InChI=1S/C26H21ClO3S/c1-31(28,29)25-15-16-26(21-7-11-23(27)12-8-21)22(17-25)18-30-24-13-9-20(10-14-24)19-5-3-2-4-6-19/h2-17H,18H2,1H3. The normalized spacial score (nSPS) is 11.3. The number of hydrogen-bond donors (Lipinski definition) is 0. The minimum Gasteiger partial charge on any atom is -0.489 e. The van der Waals surface area contributed by atoms with Crippen molar-refractivity contribution in [1.82, 2.24) is 0 Å². The van der Waals surface area contributed by atoms with Crippen LogP contribution in [0.3, 0.4) is 0 Å². The Morgan fingerprint density at radius 1 is 0.742 bits per heavy atom. The van der Waals surface area contributed by atoms with Crippen LogP contribution in [0.1, 0.15) is 5.56 Å². The monoisotopic (exact) mass is 448 g/mol. The zero-order valence-electron chi connectivity index (χ0n) is 17.0. The van der Waals surface area contributed by atoms with E-state index in [9.17, 15) is 8.42 Å². The van der Waals surface area contributed by atoms with Gasteiger partial charge in [-0.05, 0) is 64.2 Å². The van der Waals surface area contributed by atoms with Crippen molar-refractivity contribution in [3.8, 4) is 28.0 Å². The highest BCUT2D eigenvalue weighted by atomic mass is 35.5. The van der Waals surface area contributed by atoms with Crippen molar-refractivity contribution >= 4 is 21.4 Å². The molecular formula is C26H21ClO3S. The average Bonchev–Trinajstić information content (AvgIpc) is 2.78. The third-order valence-electron chi connectivity index (χ3n) is 5.02. The first-order chi connectivity index (χ1) is 14.9. The van der Waals surface area contributed by atoms with Crippen LogP contribution in [0.25, 0.3) is 22.3 Å². The molecule has 4 rings (SSSR count).